The number of primary amides is 1. The van der Waals surface area contributed by atoms with Gasteiger partial charge in [-0.15, -0.1) is 0 Å². The summed E-state index contributed by atoms with van der Waals surface area (Å²) in [5.74, 6) is -0.0350. The van der Waals surface area contributed by atoms with Crippen molar-refractivity contribution >= 4 is 15.9 Å². The van der Waals surface area contributed by atoms with Crippen LogP contribution in [0.5, 0.6) is 11.5 Å². The molecule has 0 heterocycles. The van der Waals surface area contributed by atoms with E-state index in [1.165, 1.54) is 13.2 Å². The van der Waals surface area contributed by atoms with Gasteiger partial charge >= 0.3 is 6.09 Å². The summed E-state index contributed by atoms with van der Waals surface area (Å²) >= 11 is 0. The lowest BCUT2D eigenvalue weighted by Gasteiger charge is -2.22. The third-order valence-corrected chi connectivity index (χ3v) is 3.80. The molecule has 1 aromatic rings. The molecule has 0 saturated heterocycles. The summed E-state index contributed by atoms with van der Waals surface area (Å²) in [5.41, 5.74) is 5.36. The maximum Gasteiger partial charge on any atom is 0.410 e. The highest BCUT2D eigenvalue weighted by molar-refractivity contribution is 7.90. The summed E-state index contributed by atoms with van der Waals surface area (Å²) in [4.78, 5) is 10.9. The van der Waals surface area contributed by atoms with Crippen LogP contribution in [0.15, 0.2) is 17.0 Å². The molecular weight excluding hydrogens is 282 g/mol. The lowest BCUT2D eigenvalue weighted by Crippen LogP contribution is -2.19. The summed E-state index contributed by atoms with van der Waals surface area (Å²) in [6.45, 7) is 5.73. The number of benzene rings is 1. The molecule has 7 heteroatoms. The van der Waals surface area contributed by atoms with Gasteiger partial charge in [0.25, 0.3) is 0 Å². The number of methoxy groups -OCH3 is 1. The predicted octanol–water partition coefficient (Wildman–Crippen LogP) is 1.85. The minimum atomic E-state index is -3.54. The Morgan fingerprint density at radius 3 is 2.15 bits per heavy atom. The number of nitrogens with two attached hydrogens (primary N) is 1. The fourth-order valence-electron chi connectivity index (χ4n) is 1.67. The molecule has 20 heavy (non-hydrogen) atoms. The Kier molecular flexibility index (Phi) is 4.33. The normalized spacial score (nSPS) is 12.1. The van der Waals surface area contributed by atoms with Gasteiger partial charge in [0.15, 0.2) is 21.3 Å². The van der Waals surface area contributed by atoms with Gasteiger partial charge in [-0.1, -0.05) is 20.8 Å². The fourth-order valence-corrected chi connectivity index (χ4v) is 2.53. The molecule has 6 nitrogen and oxygen atoms in total. The van der Waals surface area contributed by atoms with Crippen LogP contribution in [-0.4, -0.2) is 27.9 Å². The number of carbonyl (C=O) groups is 1. The van der Waals surface area contributed by atoms with E-state index in [-0.39, 0.29) is 21.8 Å². The number of hydrogen-bond acceptors (Lipinski definition) is 5. The van der Waals surface area contributed by atoms with Crippen molar-refractivity contribution in [2.24, 2.45) is 5.73 Å². The van der Waals surface area contributed by atoms with Crippen LogP contribution in [0, 0.1) is 0 Å². The van der Waals surface area contributed by atoms with Crippen molar-refractivity contribution in [2.45, 2.75) is 31.1 Å². The zero-order valence-electron chi connectivity index (χ0n) is 12.2. The quantitative estimate of drug-likeness (QED) is 0.919. The number of hydrogen-bond donors (Lipinski definition) is 1. The van der Waals surface area contributed by atoms with Crippen LogP contribution < -0.4 is 15.2 Å². The second kappa shape index (κ2) is 5.32. The van der Waals surface area contributed by atoms with Gasteiger partial charge < -0.3 is 15.2 Å². The minimum absolute atomic E-state index is 0.00662. The van der Waals surface area contributed by atoms with Crippen molar-refractivity contribution in [3.63, 3.8) is 0 Å². The molecular formula is C13H19NO5S. The van der Waals surface area contributed by atoms with E-state index in [2.05, 4.69) is 0 Å². The number of sulfone groups is 1. The van der Waals surface area contributed by atoms with Crippen LogP contribution in [0.3, 0.4) is 0 Å². The van der Waals surface area contributed by atoms with Crippen molar-refractivity contribution in [1.29, 1.82) is 0 Å². The Hall–Kier alpha value is -1.76. The first-order chi connectivity index (χ1) is 8.96. The average Bonchev–Trinajstić information content (AvgIpc) is 2.24. The van der Waals surface area contributed by atoms with Crippen molar-refractivity contribution < 1.29 is 22.7 Å². The molecule has 0 aliphatic rings. The highest BCUT2D eigenvalue weighted by Crippen LogP contribution is 2.39. The Morgan fingerprint density at radius 2 is 1.80 bits per heavy atom. The summed E-state index contributed by atoms with van der Waals surface area (Å²) in [5, 5.41) is 0. The fraction of sp³-hybridized carbons (Fsp3) is 0.462. The van der Waals surface area contributed by atoms with Crippen LogP contribution in [-0.2, 0) is 15.3 Å². The van der Waals surface area contributed by atoms with E-state index in [1.54, 1.807) is 6.07 Å². The molecule has 0 bridgehead atoms. The van der Waals surface area contributed by atoms with Crippen LogP contribution in [0.1, 0.15) is 26.3 Å². The van der Waals surface area contributed by atoms with Crippen molar-refractivity contribution in [2.75, 3.05) is 13.4 Å². The molecule has 2 N–H and O–H groups in total. The van der Waals surface area contributed by atoms with Crippen molar-refractivity contribution in [3.05, 3.63) is 17.7 Å². The van der Waals surface area contributed by atoms with Gasteiger partial charge in [0.1, 0.15) is 4.90 Å². The van der Waals surface area contributed by atoms with Crippen LogP contribution in [0.2, 0.25) is 0 Å². The van der Waals surface area contributed by atoms with Gasteiger partial charge in [0.05, 0.1) is 7.11 Å². The molecule has 1 aromatic carbocycles. The van der Waals surface area contributed by atoms with Gasteiger partial charge in [0.2, 0.25) is 0 Å². The monoisotopic (exact) mass is 301 g/mol. The molecule has 1 amide bonds. The molecule has 0 atom stereocenters. The highest BCUT2D eigenvalue weighted by Gasteiger charge is 2.25. The zero-order valence-corrected chi connectivity index (χ0v) is 13.0. The molecule has 0 aromatic heterocycles. The predicted molar refractivity (Wildman–Crippen MR) is 75.0 cm³/mol. The molecule has 0 aliphatic heterocycles. The van der Waals surface area contributed by atoms with Crippen molar-refractivity contribution in [3.8, 4) is 11.5 Å². The molecule has 0 spiro atoms. The van der Waals surface area contributed by atoms with E-state index in [9.17, 15) is 13.2 Å². The Balaban J connectivity index is 3.69. The number of carbonyl (C=O) groups excluding carboxylic acids is 1. The second-order valence-electron chi connectivity index (χ2n) is 5.45. The SMILES string of the molecule is COc1c(OC(N)=O)cc(C(C)(C)C)cc1S(C)(=O)=O. The van der Waals surface area contributed by atoms with Gasteiger partial charge in [0, 0.05) is 6.26 Å². The molecule has 112 valence electrons. The highest BCUT2D eigenvalue weighted by atomic mass is 32.2. The minimum Gasteiger partial charge on any atom is -0.492 e. The Bertz CT molecular complexity index is 629. The molecule has 0 saturated carbocycles. The number of amides is 1. The molecule has 1 rings (SSSR count). The van der Waals surface area contributed by atoms with E-state index < -0.39 is 15.9 Å². The molecule has 0 aliphatic carbocycles. The number of ether oxygens (including phenoxy) is 2. The Morgan fingerprint density at radius 1 is 1.25 bits per heavy atom. The van der Waals surface area contributed by atoms with Crippen LogP contribution in [0.4, 0.5) is 4.79 Å². The lowest BCUT2D eigenvalue weighted by molar-refractivity contribution is 0.208. The molecule has 0 fully saturated rings. The van der Waals surface area contributed by atoms with E-state index in [4.69, 9.17) is 15.2 Å². The van der Waals surface area contributed by atoms with Gasteiger partial charge in [-0.05, 0) is 23.1 Å². The third-order valence-electron chi connectivity index (χ3n) is 2.70. The first kappa shape index (κ1) is 16.3. The van der Waals surface area contributed by atoms with Gasteiger partial charge in [-0.2, -0.15) is 0 Å². The third kappa shape index (κ3) is 3.63. The van der Waals surface area contributed by atoms with Crippen LogP contribution >= 0.6 is 0 Å². The smallest absolute Gasteiger partial charge is 0.410 e. The van der Waals surface area contributed by atoms with E-state index in [0.717, 1.165) is 6.26 Å². The maximum atomic E-state index is 11.9. The lowest BCUT2D eigenvalue weighted by atomic mass is 9.87. The first-order valence-electron chi connectivity index (χ1n) is 5.86. The Labute approximate surface area is 118 Å². The van der Waals surface area contributed by atoms with Gasteiger partial charge in [-0.3, -0.25) is 0 Å². The summed E-state index contributed by atoms with van der Waals surface area (Å²) in [7, 11) is -2.24. The van der Waals surface area contributed by atoms with E-state index in [0.29, 0.717) is 5.56 Å². The topological polar surface area (TPSA) is 95.7 Å². The van der Waals surface area contributed by atoms with Gasteiger partial charge in [-0.25, -0.2) is 13.2 Å². The van der Waals surface area contributed by atoms with E-state index in [1.807, 2.05) is 20.8 Å². The largest absolute Gasteiger partial charge is 0.492 e. The van der Waals surface area contributed by atoms with Crippen molar-refractivity contribution in [1.82, 2.24) is 0 Å². The first-order valence-corrected chi connectivity index (χ1v) is 7.76. The van der Waals surface area contributed by atoms with E-state index >= 15 is 0 Å². The molecule has 0 radical (unpaired) electrons. The standard InChI is InChI=1S/C13H19NO5S/c1-13(2,3)8-6-9(19-12(14)15)11(18-4)10(7-8)20(5,16)17/h6-7H,1-5H3,(H2,14,15). The average molecular weight is 301 g/mol. The maximum absolute atomic E-state index is 11.9. The summed E-state index contributed by atoms with van der Waals surface area (Å²) < 4.78 is 33.7. The number of rotatable bonds is 3. The zero-order chi connectivity index (χ0) is 15.7. The summed E-state index contributed by atoms with van der Waals surface area (Å²) in [6, 6.07) is 3.07. The second-order valence-corrected chi connectivity index (χ2v) is 7.43. The molecule has 0 unspecified atom stereocenters. The van der Waals surface area contributed by atoms with Crippen LogP contribution in [0.25, 0.3) is 0 Å². The summed E-state index contributed by atoms with van der Waals surface area (Å²) in [6.07, 6.45) is 0.0273.